The summed E-state index contributed by atoms with van der Waals surface area (Å²) in [4.78, 5) is 46.2. The number of unbranched alkanes of at least 4 members (excludes halogenated alkanes) is 2. The van der Waals surface area contributed by atoms with Gasteiger partial charge in [-0.15, -0.1) is 0 Å². The van der Waals surface area contributed by atoms with Crippen LogP contribution >= 0.6 is 0 Å². The molecule has 8 nitrogen and oxygen atoms in total. The average Bonchev–Trinajstić information content (AvgIpc) is 2.67. The van der Waals surface area contributed by atoms with Gasteiger partial charge in [-0.25, -0.2) is 9.59 Å². The Kier molecular flexibility index (Phi) is 14.7. The highest BCUT2D eigenvalue weighted by Gasteiger charge is 2.13. The Bertz CT molecular complexity index is 583. The zero-order valence-electron chi connectivity index (χ0n) is 19.2. The fourth-order valence-corrected chi connectivity index (χ4v) is 2.28. The van der Waals surface area contributed by atoms with E-state index in [9.17, 15) is 19.2 Å². The minimum absolute atomic E-state index is 0.164. The van der Waals surface area contributed by atoms with E-state index >= 15 is 0 Å². The van der Waals surface area contributed by atoms with Gasteiger partial charge < -0.3 is 18.9 Å². The highest BCUT2D eigenvalue weighted by atomic mass is 16.6. The van der Waals surface area contributed by atoms with E-state index in [0.717, 1.165) is 0 Å². The Morgan fingerprint density at radius 3 is 1.35 bits per heavy atom. The SMILES string of the molecule is C=C(C)C(=O)OCCC(C)OC(=O)CCCCCC(=O)OC(C)CCOC(=O)C(=C)C. The molecule has 0 aliphatic rings. The molecule has 0 radical (unpaired) electrons. The number of carbonyl (C=O) groups is 4. The standard InChI is InChI=1S/C23H36O8/c1-16(2)22(26)28-14-12-18(5)30-20(24)10-8-7-9-11-21(25)31-19(6)13-15-29-23(27)17(3)4/h18-19H,1,3,7-15H2,2,4-6H3. The first-order valence-electron chi connectivity index (χ1n) is 10.6. The van der Waals surface area contributed by atoms with E-state index in [1.54, 1.807) is 27.7 Å². The molecular weight excluding hydrogens is 404 g/mol. The molecule has 0 aromatic carbocycles. The highest BCUT2D eigenvalue weighted by molar-refractivity contribution is 5.87. The molecule has 0 aromatic heterocycles. The molecular formula is C23H36O8. The third-order valence-corrected chi connectivity index (χ3v) is 4.14. The lowest BCUT2D eigenvalue weighted by atomic mass is 10.1. The van der Waals surface area contributed by atoms with Gasteiger partial charge in [0.05, 0.1) is 13.2 Å². The molecule has 0 N–H and O–H groups in total. The van der Waals surface area contributed by atoms with Crippen LogP contribution in [0.2, 0.25) is 0 Å². The first kappa shape index (κ1) is 28.4. The molecule has 176 valence electrons. The first-order chi connectivity index (χ1) is 14.5. The predicted molar refractivity (Wildman–Crippen MR) is 115 cm³/mol. The molecule has 8 heteroatoms. The van der Waals surface area contributed by atoms with E-state index in [0.29, 0.717) is 43.3 Å². The van der Waals surface area contributed by atoms with E-state index in [1.807, 2.05) is 0 Å². The third kappa shape index (κ3) is 15.8. The van der Waals surface area contributed by atoms with Gasteiger partial charge in [-0.05, 0) is 40.5 Å². The van der Waals surface area contributed by atoms with E-state index < -0.39 is 11.9 Å². The summed E-state index contributed by atoms with van der Waals surface area (Å²) in [5.41, 5.74) is 0.652. The summed E-state index contributed by atoms with van der Waals surface area (Å²) in [5.74, 6) is -1.56. The number of ether oxygens (including phenoxy) is 4. The Hall–Kier alpha value is -2.64. The third-order valence-electron chi connectivity index (χ3n) is 4.14. The quantitative estimate of drug-likeness (QED) is 0.154. The minimum Gasteiger partial charge on any atom is -0.463 e. The molecule has 2 atom stereocenters. The van der Waals surface area contributed by atoms with Gasteiger partial charge in [0, 0.05) is 36.8 Å². The molecule has 0 saturated carbocycles. The second kappa shape index (κ2) is 16.1. The zero-order chi connectivity index (χ0) is 23.8. The van der Waals surface area contributed by atoms with Gasteiger partial charge in [0.15, 0.2) is 0 Å². The van der Waals surface area contributed by atoms with Crippen molar-refractivity contribution < 1.29 is 38.1 Å². The maximum Gasteiger partial charge on any atom is 0.333 e. The second-order valence-corrected chi connectivity index (χ2v) is 7.57. The van der Waals surface area contributed by atoms with Gasteiger partial charge in [0.2, 0.25) is 0 Å². The maximum atomic E-state index is 11.8. The van der Waals surface area contributed by atoms with Crippen LogP contribution in [0.25, 0.3) is 0 Å². The van der Waals surface area contributed by atoms with Gasteiger partial charge in [0.25, 0.3) is 0 Å². The lowest BCUT2D eigenvalue weighted by Crippen LogP contribution is -2.18. The van der Waals surface area contributed by atoms with Crippen molar-refractivity contribution in [2.24, 2.45) is 0 Å². The Morgan fingerprint density at radius 1 is 0.677 bits per heavy atom. The fraction of sp³-hybridized carbons (Fsp3) is 0.652. The minimum atomic E-state index is -0.461. The van der Waals surface area contributed by atoms with Crippen LogP contribution in [0.5, 0.6) is 0 Å². The van der Waals surface area contributed by atoms with Crippen molar-refractivity contribution in [1.82, 2.24) is 0 Å². The van der Waals surface area contributed by atoms with Crippen LogP contribution in [0.4, 0.5) is 0 Å². The van der Waals surface area contributed by atoms with Crippen LogP contribution in [0, 0.1) is 0 Å². The first-order valence-corrected chi connectivity index (χ1v) is 10.6. The largest absolute Gasteiger partial charge is 0.463 e. The number of carbonyl (C=O) groups excluding carboxylic acids is 4. The molecule has 2 unspecified atom stereocenters. The van der Waals surface area contributed by atoms with Gasteiger partial charge in [0.1, 0.15) is 12.2 Å². The number of hydrogen-bond acceptors (Lipinski definition) is 8. The lowest BCUT2D eigenvalue weighted by molar-refractivity contribution is -0.150. The second-order valence-electron chi connectivity index (χ2n) is 7.57. The van der Waals surface area contributed by atoms with Gasteiger partial charge >= 0.3 is 23.9 Å². The van der Waals surface area contributed by atoms with Crippen molar-refractivity contribution in [3.8, 4) is 0 Å². The molecule has 0 heterocycles. The van der Waals surface area contributed by atoms with Crippen LogP contribution in [0.3, 0.4) is 0 Å². The summed E-state index contributed by atoms with van der Waals surface area (Å²) in [6.45, 7) is 13.9. The molecule has 0 aliphatic heterocycles. The predicted octanol–water partition coefficient (Wildman–Crippen LogP) is 3.82. The molecule has 0 saturated heterocycles. The van der Waals surface area contributed by atoms with Crippen molar-refractivity contribution in [3.05, 3.63) is 24.3 Å². The zero-order valence-corrected chi connectivity index (χ0v) is 19.2. The van der Waals surface area contributed by atoms with Crippen molar-refractivity contribution in [3.63, 3.8) is 0 Å². The van der Waals surface area contributed by atoms with Crippen molar-refractivity contribution in [2.75, 3.05) is 13.2 Å². The summed E-state index contributed by atoms with van der Waals surface area (Å²) in [7, 11) is 0. The van der Waals surface area contributed by atoms with Crippen LogP contribution in [-0.2, 0) is 38.1 Å². The molecule has 0 spiro atoms. The lowest BCUT2D eigenvalue weighted by Gasteiger charge is -2.14. The highest BCUT2D eigenvalue weighted by Crippen LogP contribution is 2.09. The molecule has 31 heavy (non-hydrogen) atoms. The van der Waals surface area contributed by atoms with Crippen molar-refractivity contribution >= 4 is 23.9 Å². The van der Waals surface area contributed by atoms with Crippen LogP contribution in [0.15, 0.2) is 24.3 Å². The Morgan fingerprint density at radius 2 is 1.03 bits per heavy atom. The normalized spacial score (nSPS) is 12.3. The van der Waals surface area contributed by atoms with E-state index in [2.05, 4.69) is 13.2 Å². The smallest absolute Gasteiger partial charge is 0.333 e. The number of esters is 4. The molecule has 0 fully saturated rings. The topological polar surface area (TPSA) is 105 Å². The molecule has 0 bridgehead atoms. The Labute approximate surface area is 184 Å². The molecule has 0 aliphatic carbocycles. The van der Waals surface area contributed by atoms with Gasteiger partial charge in [-0.3, -0.25) is 9.59 Å². The van der Waals surface area contributed by atoms with Crippen molar-refractivity contribution in [1.29, 1.82) is 0 Å². The summed E-state index contributed by atoms with van der Waals surface area (Å²) >= 11 is 0. The fourth-order valence-electron chi connectivity index (χ4n) is 2.28. The molecule has 0 rings (SSSR count). The number of hydrogen-bond donors (Lipinski definition) is 0. The summed E-state index contributed by atoms with van der Waals surface area (Å²) < 4.78 is 20.4. The van der Waals surface area contributed by atoms with E-state index in [-0.39, 0.29) is 50.2 Å². The summed E-state index contributed by atoms with van der Waals surface area (Å²) in [6, 6.07) is 0. The van der Waals surface area contributed by atoms with Gasteiger partial charge in [-0.1, -0.05) is 19.6 Å². The van der Waals surface area contributed by atoms with Gasteiger partial charge in [-0.2, -0.15) is 0 Å². The summed E-state index contributed by atoms with van der Waals surface area (Å²) in [5, 5.41) is 0. The van der Waals surface area contributed by atoms with Crippen LogP contribution in [-0.4, -0.2) is 49.3 Å². The van der Waals surface area contributed by atoms with Crippen molar-refractivity contribution in [2.45, 2.75) is 84.8 Å². The maximum absolute atomic E-state index is 11.8. The molecule has 0 amide bonds. The van der Waals surface area contributed by atoms with E-state index in [1.165, 1.54) is 0 Å². The monoisotopic (exact) mass is 440 g/mol. The summed E-state index contributed by atoms with van der Waals surface area (Å²) in [6.07, 6.45) is 2.56. The van der Waals surface area contributed by atoms with Crippen LogP contribution < -0.4 is 0 Å². The van der Waals surface area contributed by atoms with Crippen LogP contribution in [0.1, 0.15) is 72.6 Å². The average molecular weight is 441 g/mol. The Balaban J connectivity index is 3.76. The number of rotatable bonds is 16. The van der Waals surface area contributed by atoms with E-state index in [4.69, 9.17) is 18.9 Å². The molecule has 0 aromatic rings.